The molecule has 0 saturated carbocycles. The molecular weight excluding hydrogens is 381 g/mol. The molecule has 0 aromatic heterocycles. The normalized spacial score (nSPS) is 11.6. The number of nitriles is 1. The van der Waals surface area contributed by atoms with Gasteiger partial charge in [0.2, 0.25) is 0 Å². The van der Waals surface area contributed by atoms with Crippen LogP contribution in [-0.2, 0) is 11.0 Å². The zero-order valence-electron chi connectivity index (χ0n) is 14.1. The predicted octanol–water partition coefficient (Wildman–Crippen LogP) is 5.30. The van der Waals surface area contributed by atoms with Gasteiger partial charge in [-0.05, 0) is 49.4 Å². The van der Waals surface area contributed by atoms with Crippen molar-refractivity contribution in [2.45, 2.75) is 13.1 Å². The topological polar surface area (TPSA) is 62.1 Å². The molecule has 0 aliphatic rings. The van der Waals surface area contributed by atoms with E-state index < -0.39 is 17.6 Å². The highest BCUT2D eigenvalue weighted by atomic mass is 35.5. The number of hydrogen-bond donors (Lipinski definition) is 1. The van der Waals surface area contributed by atoms with E-state index in [1.807, 2.05) is 0 Å². The highest BCUT2D eigenvalue weighted by Crippen LogP contribution is 2.31. The van der Waals surface area contributed by atoms with Crippen LogP contribution >= 0.6 is 11.6 Å². The Bertz CT molecular complexity index is 918. The Kier molecular flexibility index (Phi) is 6.48. The van der Waals surface area contributed by atoms with E-state index in [0.29, 0.717) is 22.9 Å². The molecule has 2 rings (SSSR count). The fraction of sp³-hybridized carbons (Fsp3) is 0.158. The number of nitrogens with zero attached hydrogens (tertiary/aromatic N) is 1. The van der Waals surface area contributed by atoms with Crippen LogP contribution in [0.1, 0.15) is 18.1 Å². The van der Waals surface area contributed by atoms with Crippen LogP contribution in [0.15, 0.2) is 48.0 Å². The highest BCUT2D eigenvalue weighted by molar-refractivity contribution is 6.30. The van der Waals surface area contributed by atoms with E-state index >= 15 is 0 Å². The van der Waals surface area contributed by atoms with E-state index in [9.17, 15) is 23.2 Å². The smallest absolute Gasteiger partial charge is 0.416 e. The fourth-order valence-electron chi connectivity index (χ4n) is 2.19. The molecule has 0 heterocycles. The van der Waals surface area contributed by atoms with Crippen LogP contribution in [0.25, 0.3) is 6.08 Å². The van der Waals surface area contributed by atoms with Crippen molar-refractivity contribution < 1.29 is 22.7 Å². The maximum atomic E-state index is 12.8. The number of alkyl halides is 3. The minimum atomic E-state index is -4.54. The molecule has 27 heavy (non-hydrogen) atoms. The second kappa shape index (κ2) is 8.60. The molecule has 0 unspecified atom stereocenters. The van der Waals surface area contributed by atoms with Crippen molar-refractivity contribution in [2.75, 3.05) is 11.9 Å². The number of ether oxygens (including phenoxy) is 1. The van der Waals surface area contributed by atoms with Crippen molar-refractivity contribution in [3.05, 3.63) is 64.2 Å². The SMILES string of the molecule is CCOc1ccc(Cl)cc1/C=C(\C#N)C(=O)Nc1cccc(C(F)(F)F)c1. The summed E-state index contributed by atoms with van der Waals surface area (Å²) < 4.78 is 43.7. The third kappa shape index (κ3) is 5.50. The first-order chi connectivity index (χ1) is 12.7. The second-order valence-electron chi connectivity index (χ2n) is 5.32. The van der Waals surface area contributed by atoms with E-state index in [1.165, 1.54) is 24.3 Å². The first-order valence-corrected chi connectivity index (χ1v) is 8.15. The van der Waals surface area contributed by atoms with Gasteiger partial charge in [0.25, 0.3) is 5.91 Å². The van der Waals surface area contributed by atoms with Gasteiger partial charge in [-0.3, -0.25) is 4.79 Å². The van der Waals surface area contributed by atoms with Gasteiger partial charge >= 0.3 is 6.18 Å². The molecule has 0 atom stereocenters. The lowest BCUT2D eigenvalue weighted by Crippen LogP contribution is -2.14. The van der Waals surface area contributed by atoms with E-state index in [4.69, 9.17) is 16.3 Å². The van der Waals surface area contributed by atoms with Gasteiger partial charge in [-0.2, -0.15) is 18.4 Å². The van der Waals surface area contributed by atoms with Crippen LogP contribution < -0.4 is 10.1 Å². The number of halogens is 4. The second-order valence-corrected chi connectivity index (χ2v) is 5.75. The molecule has 1 N–H and O–H groups in total. The average Bonchev–Trinajstić information content (AvgIpc) is 2.61. The van der Waals surface area contributed by atoms with Crippen molar-refractivity contribution in [3.8, 4) is 11.8 Å². The van der Waals surface area contributed by atoms with Crippen molar-refractivity contribution in [1.29, 1.82) is 5.26 Å². The highest BCUT2D eigenvalue weighted by Gasteiger charge is 2.30. The number of benzene rings is 2. The summed E-state index contributed by atoms with van der Waals surface area (Å²) in [4.78, 5) is 12.3. The molecule has 0 saturated heterocycles. The first-order valence-electron chi connectivity index (χ1n) is 7.77. The summed E-state index contributed by atoms with van der Waals surface area (Å²) in [6.45, 7) is 2.13. The Balaban J connectivity index is 2.31. The molecular formula is C19H14ClF3N2O2. The molecule has 0 aliphatic heterocycles. The first kappa shape index (κ1) is 20.3. The van der Waals surface area contributed by atoms with Crippen LogP contribution in [0.5, 0.6) is 5.75 Å². The lowest BCUT2D eigenvalue weighted by atomic mass is 10.1. The van der Waals surface area contributed by atoms with Crippen molar-refractivity contribution in [1.82, 2.24) is 0 Å². The summed E-state index contributed by atoms with van der Waals surface area (Å²) in [5, 5.41) is 11.9. The van der Waals surface area contributed by atoms with Crippen LogP contribution in [0.3, 0.4) is 0 Å². The van der Waals surface area contributed by atoms with Crippen LogP contribution in [0, 0.1) is 11.3 Å². The molecule has 1 amide bonds. The molecule has 0 bridgehead atoms. The fourth-order valence-corrected chi connectivity index (χ4v) is 2.38. The Morgan fingerprint density at radius 2 is 2.04 bits per heavy atom. The van der Waals surface area contributed by atoms with Crippen LogP contribution in [0.4, 0.5) is 18.9 Å². The zero-order chi connectivity index (χ0) is 20.0. The summed E-state index contributed by atoms with van der Waals surface area (Å²) in [5.74, 6) is -0.430. The average molecular weight is 395 g/mol. The van der Waals surface area contributed by atoms with Crippen molar-refractivity contribution >= 4 is 29.3 Å². The summed E-state index contributed by atoms with van der Waals surface area (Å²) in [7, 11) is 0. The van der Waals surface area contributed by atoms with Gasteiger partial charge in [-0.25, -0.2) is 0 Å². The summed E-state index contributed by atoms with van der Waals surface area (Å²) in [6, 6.07) is 10.6. The molecule has 2 aromatic carbocycles. The van der Waals surface area contributed by atoms with E-state index in [1.54, 1.807) is 25.1 Å². The number of anilines is 1. The molecule has 140 valence electrons. The Morgan fingerprint density at radius 1 is 1.30 bits per heavy atom. The lowest BCUT2D eigenvalue weighted by Gasteiger charge is -2.10. The minimum Gasteiger partial charge on any atom is -0.493 e. The molecule has 4 nitrogen and oxygen atoms in total. The zero-order valence-corrected chi connectivity index (χ0v) is 14.9. The molecule has 2 aromatic rings. The molecule has 0 fully saturated rings. The predicted molar refractivity (Wildman–Crippen MR) is 96.3 cm³/mol. The quantitative estimate of drug-likeness (QED) is 0.552. The molecule has 0 radical (unpaired) electrons. The number of carbonyl (C=O) groups excluding carboxylic acids is 1. The largest absolute Gasteiger partial charge is 0.493 e. The number of amides is 1. The number of rotatable bonds is 5. The molecule has 0 aliphatic carbocycles. The van der Waals surface area contributed by atoms with Crippen molar-refractivity contribution in [3.63, 3.8) is 0 Å². The van der Waals surface area contributed by atoms with E-state index in [-0.39, 0.29) is 11.3 Å². The number of nitrogens with one attached hydrogen (secondary N) is 1. The molecule has 8 heteroatoms. The van der Waals surface area contributed by atoms with Gasteiger partial charge < -0.3 is 10.1 Å². The van der Waals surface area contributed by atoms with Gasteiger partial charge in [0.1, 0.15) is 17.4 Å². The standard InChI is InChI=1S/C19H14ClF3N2O2/c1-2-27-17-7-6-15(20)9-12(17)8-13(11-24)18(26)25-16-5-3-4-14(10-16)19(21,22)23/h3-10H,2H2,1H3,(H,25,26)/b13-8+. The Hall–Kier alpha value is -2.98. The van der Waals surface area contributed by atoms with Gasteiger partial charge in [0, 0.05) is 16.3 Å². The lowest BCUT2D eigenvalue weighted by molar-refractivity contribution is -0.137. The summed E-state index contributed by atoms with van der Waals surface area (Å²) in [6.07, 6.45) is -3.28. The van der Waals surface area contributed by atoms with E-state index in [2.05, 4.69) is 5.32 Å². The van der Waals surface area contributed by atoms with Crippen LogP contribution in [0.2, 0.25) is 5.02 Å². The van der Waals surface area contributed by atoms with Gasteiger partial charge in [-0.1, -0.05) is 17.7 Å². The monoisotopic (exact) mass is 394 g/mol. The van der Waals surface area contributed by atoms with Crippen LogP contribution in [-0.4, -0.2) is 12.5 Å². The minimum absolute atomic E-state index is 0.0768. The Labute approximate surface area is 158 Å². The summed E-state index contributed by atoms with van der Waals surface area (Å²) >= 11 is 5.94. The number of carbonyl (C=O) groups is 1. The summed E-state index contributed by atoms with van der Waals surface area (Å²) in [5.41, 5.74) is -0.890. The van der Waals surface area contributed by atoms with Crippen molar-refractivity contribution in [2.24, 2.45) is 0 Å². The van der Waals surface area contributed by atoms with Gasteiger partial charge in [-0.15, -0.1) is 0 Å². The maximum absolute atomic E-state index is 12.8. The van der Waals surface area contributed by atoms with E-state index in [0.717, 1.165) is 12.1 Å². The van der Waals surface area contributed by atoms with Gasteiger partial charge in [0.15, 0.2) is 0 Å². The molecule has 0 spiro atoms. The van der Waals surface area contributed by atoms with Gasteiger partial charge in [0.05, 0.1) is 12.2 Å². The number of hydrogen-bond acceptors (Lipinski definition) is 3. The third-order valence-electron chi connectivity index (χ3n) is 3.38. The third-order valence-corrected chi connectivity index (χ3v) is 3.62. The Morgan fingerprint density at radius 3 is 2.67 bits per heavy atom. The maximum Gasteiger partial charge on any atom is 0.416 e.